The molecular formula is C11H9N7OS. The Hall–Kier alpha value is -2.68. The van der Waals surface area contributed by atoms with Crippen molar-refractivity contribution in [1.82, 2.24) is 24.9 Å². The van der Waals surface area contributed by atoms with Gasteiger partial charge in [0, 0.05) is 11.1 Å². The van der Waals surface area contributed by atoms with E-state index in [1.807, 2.05) is 6.07 Å². The maximum atomic E-state index is 8.58. The van der Waals surface area contributed by atoms with Crippen LogP contribution in [-0.2, 0) is 0 Å². The lowest BCUT2D eigenvalue weighted by Crippen LogP contribution is -2.14. The molecule has 20 heavy (non-hydrogen) atoms. The van der Waals surface area contributed by atoms with Gasteiger partial charge in [-0.05, 0) is 12.1 Å². The summed E-state index contributed by atoms with van der Waals surface area (Å²) in [6, 6.07) is 3.48. The zero-order chi connectivity index (χ0) is 13.9. The van der Waals surface area contributed by atoms with Gasteiger partial charge in [0.25, 0.3) is 0 Å². The molecular weight excluding hydrogens is 278 g/mol. The molecule has 0 aliphatic carbocycles. The van der Waals surface area contributed by atoms with Crippen LogP contribution < -0.4 is 5.73 Å². The molecule has 4 N–H and O–H groups in total. The van der Waals surface area contributed by atoms with Crippen molar-refractivity contribution in [2.45, 2.75) is 9.92 Å². The molecule has 0 saturated carbocycles. The van der Waals surface area contributed by atoms with Crippen LogP contribution in [0.25, 0.3) is 11.2 Å². The molecule has 0 aromatic carbocycles. The number of hydrogen-bond donors (Lipinski definition) is 3. The van der Waals surface area contributed by atoms with Gasteiger partial charge < -0.3 is 15.9 Å². The van der Waals surface area contributed by atoms with Gasteiger partial charge in [-0.2, -0.15) is 0 Å². The highest BCUT2D eigenvalue weighted by atomic mass is 32.2. The number of hydrogen-bond acceptors (Lipinski definition) is 7. The number of nitrogens with zero attached hydrogens (tertiary/aromatic N) is 5. The maximum absolute atomic E-state index is 8.58. The van der Waals surface area contributed by atoms with Crippen LogP contribution in [0.4, 0.5) is 0 Å². The van der Waals surface area contributed by atoms with Crippen molar-refractivity contribution < 1.29 is 5.21 Å². The van der Waals surface area contributed by atoms with Gasteiger partial charge in [0.15, 0.2) is 11.5 Å². The monoisotopic (exact) mass is 287 g/mol. The fourth-order valence-corrected chi connectivity index (χ4v) is 2.39. The minimum absolute atomic E-state index is 0.0282. The van der Waals surface area contributed by atoms with E-state index in [1.54, 1.807) is 18.6 Å². The first kappa shape index (κ1) is 12.4. The van der Waals surface area contributed by atoms with Crippen LogP contribution in [0.2, 0.25) is 0 Å². The summed E-state index contributed by atoms with van der Waals surface area (Å²) in [5.41, 5.74) is 7.25. The fraction of sp³-hybridized carbons (Fsp3) is 0. The zero-order valence-electron chi connectivity index (χ0n) is 10.1. The van der Waals surface area contributed by atoms with E-state index in [4.69, 9.17) is 10.9 Å². The van der Waals surface area contributed by atoms with Gasteiger partial charge in [-0.15, -0.1) is 0 Å². The van der Waals surface area contributed by atoms with E-state index in [2.05, 4.69) is 30.1 Å². The van der Waals surface area contributed by atoms with Gasteiger partial charge >= 0.3 is 0 Å². The summed E-state index contributed by atoms with van der Waals surface area (Å²) in [5.74, 6) is -0.0282. The SMILES string of the molecule is N/C(=N/O)c1ccc(Sc2ncnc3nc[nH]c23)cn1. The molecule has 0 saturated heterocycles. The molecule has 0 spiro atoms. The predicted octanol–water partition coefficient (Wildman–Crippen LogP) is 0.994. The van der Waals surface area contributed by atoms with E-state index >= 15 is 0 Å². The first-order valence-electron chi connectivity index (χ1n) is 5.54. The summed E-state index contributed by atoms with van der Waals surface area (Å²) in [6.45, 7) is 0. The number of H-pyrrole nitrogens is 1. The van der Waals surface area contributed by atoms with Crippen LogP contribution in [0.15, 0.2) is 46.1 Å². The van der Waals surface area contributed by atoms with Crippen molar-refractivity contribution >= 4 is 28.8 Å². The first-order valence-corrected chi connectivity index (χ1v) is 6.35. The molecule has 9 heteroatoms. The Morgan fingerprint density at radius 3 is 2.90 bits per heavy atom. The minimum atomic E-state index is -0.0282. The summed E-state index contributed by atoms with van der Waals surface area (Å²) in [4.78, 5) is 20.3. The molecule has 8 nitrogen and oxygen atoms in total. The van der Waals surface area contributed by atoms with Crippen LogP contribution in [0, 0.1) is 0 Å². The minimum Gasteiger partial charge on any atom is -0.409 e. The van der Waals surface area contributed by atoms with Crippen LogP contribution >= 0.6 is 11.8 Å². The molecule has 0 unspecified atom stereocenters. The van der Waals surface area contributed by atoms with Crippen LogP contribution in [0.3, 0.4) is 0 Å². The molecule has 3 rings (SSSR count). The highest BCUT2D eigenvalue weighted by Gasteiger charge is 2.08. The zero-order valence-corrected chi connectivity index (χ0v) is 10.9. The Kier molecular flexibility index (Phi) is 3.17. The third-order valence-electron chi connectivity index (χ3n) is 2.51. The molecule has 0 radical (unpaired) electrons. The topological polar surface area (TPSA) is 126 Å². The van der Waals surface area contributed by atoms with Gasteiger partial charge in [-0.3, -0.25) is 4.98 Å². The summed E-state index contributed by atoms with van der Waals surface area (Å²) < 4.78 is 0. The standard InChI is InChI=1S/C11H9N7OS/c12-9(18-19)7-2-1-6(3-13-7)20-11-8-10(15-4-14-8)16-5-17-11/h1-5,19H,(H2,12,18)(H,14,15,16,17). The smallest absolute Gasteiger partial charge is 0.188 e. The number of aromatic nitrogens is 5. The highest BCUT2D eigenvalue weighted by molar-refractivity contribution is 7.99. The quantitative estimate of drug-likeness (QED) is 0.215. The summed E-state index contributed by atoms with van der Waals surface area (Å²) in [5, 5.41) is 12.2. The van der Waals surface area contributed by atoms with Crippen LogP contribution in [-0.4, -0.2) is 36.0 Å². The van der Waals surface area contributed by atoms with Crippen molar-refractivity contribution in [2.75, 3.05) is 0 Å². The Balaban J connectivity index is 1.89. The molecule has 0 fully saturated rings. The number of imidazole rings is 1. The molecule has 3 aromatic rings. The van der Waals surface area contributed by atoms with Crippen molar-refractivity contribution in [3.8, 4) is 0 Å². The van der Waals surface area contributed by atoms with E-state index in [9.17, 15) is 0 Å². The van der Waals surface area contributed by atoms with Crippen molar-refractivity contribution in [2.24, 2.45) is 10.9 Å². The number of oxime groups is 1. The van der Waals surface area contributed by atoms with Crippen molar-refractivity contribution in [3.05, 3.63) is 36.7 Å². The molecule has 0 atom stereocenters. The largest absolute Gasteiger partial charge is 0.409 e. The van der Waals surface area contributed by atoms with Gasteiger partial charge in [-0.1, -0.05) is 16.9 Å². The second-order valence-corrected chi connectivity index (χ2v) is 4.81. The van der Waals surface area contributed by atoms with E-state index in [-0.39, 0.29) is 5.84 Å². The third kappa shape index (κ3) is 2.26. The molecule has 0 amide bonds. The number of nitrogens with two attached hydrogens (primary N) is 1. The lowest BCUT2D eigenvalue weighted by Gasteiger charge is -2.02. The third-order valence-corrected chi connectivity index (χ3v) is 3.49. The summed E-state index contributed by atoms with van der Waals surface area (Å²) >= 11 is 1.42. The second-order valence-electron chi connectivity index (χ2n) is 3.75. The summed E-state index contributed by atoms with van der Waals surface area (Å²) in [7, 11) is 0. The lowest BCUT2D eigenvalue weighted by atomic mass is 10.3. The van der Waals surface area contributed by atoms with E-state index in [1.165, 1.54) is 18.1 Å². The average molecular weight is 287 g/mol. The fourth-order valence-electron chi connectivity index (χ4n) is 1.58. The van der Waals surface area contributed by atoms with Gasteiger partial charge in [-0.25, -0.2) is 15.0 Å². The van der Waals surface area contributed by atoms with E-state index in [0.29, 0.717) is 11.3 Å². The molecule has 100 valence electrons. The number of nitrogens with one attached hydrogen (secondary N) is 1. The van der Waals surface area contributed by atoms with Crippen molar-refractivity contribution in [3.63, 3.8) is 0 Å². The number of amidine groups is 1. The maximum Gasteiger partial charge on any atom is 0.188 e. The number of aromatic amines is 1. The molecule has 0 aliphatic rings. The first-order chi connectivity index (χ1) is 9.78. The Labute approximate surface area is 117 Å². The van der Waals surface area contributed by atoms with Gasteiger partial charge in [0.05, 0.1) is 6.33 Å². The molecule has 3 heterocycles. The predicted molar refractivity (Wildman–Crippen MR) is 72.6 cm³/mol. The lowest BCUT2D eigenvalue weighted by molar-refractivity contribution is 0.318. The number of fused-ring (bicyclic) bond motifs is 1. The molecule has 3 aromatic heterocycles. The Morgan fingerprint density at radius 2 is 2.15 bits per heavy atom. The van der Waals surface area contributed by atoms with Crippen molar-refractivity contribution in [1.29, 1.82) is 0 Å². The van der Waals surface area contributed by atoms with E-state index in [0.717, 1.165) is 15.4 Å². The molecule has 0 aliphatic heterocycles. The van der Waals surface area contributed by atoms with Crippen LogP contribution in [0.1, 0.15) is 5.69 Å². The number of pyridine rings is 1. The molecule has 0 bridgehead atoms. The number of rotatable bonds is 3. The second kappa shape index (κ2) is 5.13. The van der Waals surface area contributed by atoms with Gasteiger partial charge in [0.1, 0.15) is 22.6 Å². The van der Waals surface area contributed by atoms with Gasteiger partial charge in [0.2, 0.25) is 0 Å². The average Bonchev–Trinajstić information content (AvgIpc) is 2.97. The Morgan fingerprint density at radius 1 is 1.25 bits per heavy atom. The Bertz CT molecular complexity index is 768. The van der Waals surface area contributed by atoms with Crippen LogP contribution in [0.5, 0.6) is 0 Å². The van der Waals surface area contributed by atoms with E-state index < -0.39 is 0 Å². The summed E-state index contributed by atoms with van der Waals surface area (Å²) in [6.07, 6.45) is 4.66. The normalized spacial score (nSPS) is 11.9. The highest BCUT2D eigenvalue weighted by Crippen LogP contribution is 2.28.